The van der Waals surface area contributed by atoms with E-state index in [-0.39, 0.29) is 36.7 Å². The van der Waals surface area contributed by atoms with Crippen LogP contribution in [0.1, 0.15) is 34.6 Å². The first-order valence-corrected chi connectivity index (χ1v) is 11.3. The van der Waals surface area contributed by atoms with Gasteiger partial charge in [0.15, 0.2) is 11.5 Å². The highest BCUT2D eigenvalue weighted by Gasteiger charge is 2.26. The quantitative estimate of drug-likeness (QED) is 0.713. The maximum absolute atomic E-state index is 13.4. The second-order valence-corrected chi connectivity index (χ2v) is 8.79. The number of nitrogens with zero attached hydrogens (tertiary/aromatic N) is 1. The summed E-state index contributed by atoms with van der Waals surface area (Å²) in [5.74, 6) is 1.28. The minimum Gasteiger partial charge on any atom is -0.491 e. The highest BCUT2D eigenvalue weighted by atomic mass is 16.7. The van der Waals surface area contributed by atoms with Gasteiger partial charge < -0.3 is 34.5 Å². The molecule has 2 aliphatic heterocycles. The van der Waals surface area contributed by atoms with Gasteiger partial charge in [0, 0.05) is 44.5 Å². The lowest BCUT2D eigenvalue weighted by molar-refractivity contribution is 0.0281. The van der Waals surface area contributed by atoms with Gasteiger partial charge in [0.1, 0.15) is 12.4 Å². The highest BCUT2D eigenvalue weighted by Crippen LogP contribution is 2.33. The lowest BCUT2D eigenvalue weighted by atomic mass is 10.0. The molecule has 9 nitrogen and oxygen atoms in total. The summed E-state index contributed by atoms with van der Waals surface area (Å²) < 4.78 is 22.3. The molecule has 2 N–H and O–H groups in total. The van der Waals surface area contributed by atoms with E-state index in [0.717, 1.165) is 6.54 Å². The predicted molar refractivity (Wildman–Crippen MR) is 127 cm³/mol. The van der Waals surface area contributed by atoms with Crippen molar-refractivity contribution in [3.63, 3.8) is 0 Å². The molecule has 0 aliphatic carbocycles. The Morgan fingerprint density at radius 3 is 2.65 bits per heavy atom. The van der Waals surface area contributed by atoms with E-state index in [2.05, 4.69) is 17.6 Å². The zero-order chi connectivity index (χ0) is 24.2. The van der Waals surface area contributed by atoms with Crippen LogP contribution >= 0.6 is 0 Å². The summed E-state index contributed by atoms with van der Waals surface area (Å²) >= 11 is 0. The smallest absolute Gasteiger partial charge is 0.257 e. The molecule has 3 atom stereocenters. The zero-order valence-electron chi connectivity index (χ0n) is 19.9. The van der Waals surface area contributed by atoms with Crippen molar-refractivity contribution in [3.8, 4) is 17.2 Å². The molecule has 0 spiro atoms. The van der Waals surface area contributed by atoms with Crippen molar-refractivity contribution in [3.05, 3.63) is 47.5 Å². The molecule has 2 amide bonds. The minimum atomic E-state index is -0.320. The summed E-state index contributed by atoms with van der Waals surface area (Å²) in [6.45, 7) is 5.85. The van der Waals surface area contributed by atoms with Crippen molar-refractivity contribution in [1.29, 1.82) is 0 Å². The zero-order valence-corrected chi connectivity index (χ0v) is 19.9. The van der Waals surface area contributed by atoms with Crippen molar-refractivity contribution in [1.82, 2.24) is 10.2 Å². The Hall–Kier alpha value is -3.30. The standard InChI is InChI=1S/C25H31N3O6/c1-15-11-26-16(2)13-32-20-8-6-18(10-19(20)25(30)28(3)12-23(15)31-4)27-24(29)17-5-7-21-22(9-17)34-14-33-21/h5-10,15-16,23,26H,11-14H2,1-4H3,(H,27,29)/t15-,16+,23-/m1/s1. The van der Waals surface area contributed by atoms with Crippen LogP contribution in [0.25, 0.3) is 0 Å². The summed E-state index contributed by atoms with van der Waals surface area (Å²) in [4.78, 5) is 27.8. The lowest BCUT2D eigenvalue weighted by Crippen LogP contribution is -2.44. The van der Waals surface area contributed by atoms with Crippen LogP contribution in [0.15, 0.2) is 36.4 Å². The van der Waals surface area contributed by atoms with Gasteiger partial charge >= 0.3 is 0 Å². The Morgan fingerprint density at radius 2 is 1.85 bits per heavy atom. The maximum atomic E-state index is 13.4. The lowest BCUT2D eigenvalue weighted by Gasteiger charge is -2.30. The third-order valence-electron chi connectivity index (χ3n) is 6.12. The number of likely N-dealkylation sites (N-methyl/N-ethyl adjacent to an activating group) is 1. The SMILES string of the molecule is CO[C@@H]1CN(C)C(=O)c2cc(NC(=O)c3ccc4c(c3)OCO4)ccc2OC[C@H](C)NC[C@H]1C. The monoisotopic (exact) mass is 469 g/mol. The summed E-state index contributed by atoms with van der Waals surface area (Å²) in [6, 6.07) is 10.2. The van der Waals surface area contributed by atoms with Crippen LogP contribution in [-0.2, 0) is 4.74 Å². The van der Waals surface area contributed by atoms with Crippen LogP contribution in [0.4, 0.5) is 5.69 Å². The number of hydrogen-bond acceptors (Lipinski definition) is 7. The Bertz CT molecular complexity index is 1060. The molecule has 9 heteroatoms. The minimum absolute atomic E-state index is 0.0884. The van der Waals surface area contributed by atoms with E-state index in [1.54, 1.807) is 55.5 Å². The molecule has 0 fully saturated rings. The third-order valence-corrected chi connectivity index (χ3v) is 6.12. The molecule has 0 saturated heterocycles. The van der Waals surface area contributed by atoms with Gasteiger partial charge in [-0.2, -0.15) is 0 Å². The van der Waals surface area contributed by atoms with E-state index >= 15 is 0 Å². The molecule has 0 unspecified atom stereocenters. The number of benzene rings is 2. The summed E-state index contributed by atoms with van der Waals surface area (Å²) in [5, 5.41) is 6.32. The van der Waals surface area contributed by atoms with Gasteiger partial charge in [0.25, 0.3) is 11.8 Å². The summed E-state index contributed by atoms with van der Waals surface area (Å²) in [6.07, 6.45) is -0.119. The van der Waals surface area contributed by atoms with Crippen molar-refractivity contribution in [2.75, 3.05) is 46.0 Å². The number of carbonyl (C=O) groups excluding carboxylic acids is 2. The van der Waals surface area contributed by atoms with Gasteiger partial charge in [-0.25, -0.2) is 0 Å². The molecular formula is C25H31N3O6. The van der Waals surface area contributed by atoms with Gasteiger partial charge in [-0.05, 0) is 49.2 Å². The normalized spacial score (nSPS) is 22.8. The molecule has 34 heavy (non-hydrogen) atoms. The molecular weight excluding hydrogens is 438 g/mol. The fourth-order valence-corrected chi connectivity index (χ4v) is 3.98. The third kappa shape index (κ3) is 5.26. The van der Waals surface area contributed by atoms with Crippen LogP contribution < -0.4 is 24.8 Å². The number of fused-ring (bicyclic) bond motifs is 2. The molecule has 0 radical (unpaired) electrons. The van der Waals surface area contributed by atoms with Crippen LogP contribution in [0, 0.1) is 5.92 Å². The Kier molecular flexibility index (Phi) is 7.23. The number of ether oxygens (including phenoxy) is 4. The first kappa shape index (κ1) is 23.8. The molecule has 0 aromatic heterocycles. The van der Waals surface area contributed by atoms with Crippen molar-refractivity contribution in [2.45, 2.75) is 26.0 Å². The van der Waals surface area contributed by atoms with Gasteiger partial charge in [-0.1, -0.05) is 6.92 Å². The molecule has 2 aliphatic rings. The Morgan fingerprint density at radius 1 is 1.09 bits per heavy atom. The van der Waals surface area contributed by atoms with Crippen molar-refractivity contribution >= 4 is 17.5 Å². The van der Waals surface area contributed by atoms with Crippen LogP contribution in [0.5, 0.6) is 17.2 Å². The van der Waals surface area contributed by atoms with Crippen LogP contribution in [0.3, 0.4) is 0 Å². The number of methoxy groups -OCH3 is 1. The largest absolute Gasteiger partial charge is 0.491 e. The molecule has 0 bridgehead atoms. The fraction of sp³-hybridized carbons (Fsp3) is 0.440. The van der Waals surface area contributed by atoms with Gasteiger partial charge in [-0.3, -0.25) is 9.59 Å². The van der Waals surface area contributed by atoms with E-state index < -0.39 is 0 Å². The number of rotatable bonds is 3. The van der Waals surface area contributed by atoms with E-state index in [9.17, 15) is 9.59 Å². The van der Waals surface area contributed by atoms with E-state index in [1.165, 1.54) is 0 Å². The molecule has 2 heterocycles. The average Bonchev–Trinajstić information content (AvgIpc) is 3.31. The average molecular weight is 470 g/mol. The summed E-state index contributed by atoms with van der Waals surface area (Å²) in [5.41, 5.74) is 1.29. The second kappa shape index (κ2) is 10.3. The number of nitrogens with one attached hydrogen (secondary N) is 2. The van der Waals surface area contributed by atoms with Crippen molar-refractivity contribution < 1.29 is 28.5 Å². The molecule has 4 rings (SSSR count). The van der Waals surface area contributed by atoms with Gasteiger partial charge in [-0.15, -0.1) is 0 Å². The topological polar surface area (TPSA) is 98.4 Å². The number of hydrogen-bond donors (Lipinski definition) is 2. The second-order valence-electron chi connectivity index (χ2n) is 8.79. The molecule has 2 aromatic carbocycles. The fourth-order valence-electron chi connectivity index (χ4n) is 3.98. The number of anilines is 1. The van der Waals surface area contributed by atoms with Crippen LogP contribution in [-0.4, -0.2) is 69.5 Å². The number of carbonyl (C=O) groups is 2. The van der Waals surface area contributed by atoms with E-state index in [4.69, 9.17) is 18.9 Å². The Balaban J connectivity index is 1.58. The molecule has 182 valence electrons. The molecule has 2 aromatic rings. The predicted octanol–water partition coefficient (Wildman–Crippen LogP) is 2.76. The maximum Gasteiger partial charge on any atom is 0.257 e. The Labute approximate surface area is 199 Å². The van der Waals surface area contributed by atoms with E-state index in [1.807, 2.05) is 6.92 Å². The van der Waals surface area contributed by atoms with Gasteiger partial charge in [0.05, 0.1) is 11.7 Å². The van der Waals surface area contributed by atoms with Crippen LogP contribution in [0.2, 0.25) is 0 Å². The van der Waals surface area contributed by atoms with Gasteiger partial charge in [0.2, 0.25) is 6.79 Å². The van der Waals surface area contributed by atoms with Crippen molar-refractivity contribution in [2.24, 2.45) is 5.92 Å². The highest BCUT2D eigenvalue weighted by molar-refractivity contribution is 6.06. The first-order chi connectivity index (χ1) is 16.4. The van der Waals surface area contributed by atoms with E-state index in [0.29, 0.717) is 47.2 Å². The summed E-state index contributed by atoms with van der Waals surface area (Å²) in [7, 11) is 3.40. The molecule has 0 saturated carbocycles. The number of amides is 2. The first-order valence-electron chi connectivity index (χ1n) is 11.3.